The predicted molar refractivity (Wildman–Crippen MR) is 101 cm³/mol. The van der Waals surface area contributed by atoms with Crippen LogP contribution in [0, 0.1) is 0 Å². The minimum Gasteiger partial charge on any atom is -0.466 e. The number of carbonyl (C=O) groups excluding carboxylic acids is 2. The number of rotatable bonds is 5. The topological polar surface area (TPSA) is 55.8 Å². The molecule has 1 fully saturated rings. The third kappa shape index (κ3) is 6.37. The normalized spacial score (nSPS) is 19.9. The van der Waals surface area contributed by atoms with Gasteiger partial charge < -0.3 is 14.4 Å². The summed E-state index contributed by atoms with van der Waals surface area (Å²) in [6.45, 7) is 7.06. The van der Waals surface area contributed by atoms with Crippen molar-refractivity contribution >= 4 is 12.1 Å². The molecule has 0 aromatic heterocycles. The molecule has 1 aliphatic rings. The van der Waals surface area contributed by atoms with Crippen molar-refractivity contribution in [3.63, 3.8) is 0 Å². The van der Waals surface area contributed by atoms with Gasteiger partial charge in [0.25, 0.3) is 0 Å². The molecule has 2 rings (SSSR count). The molecule has 162 valence electrons. The third-order valence-corrected chi connectivity index (χ3v) is 4.71. The Labute approximate surface area is 169 Å². The number of hydrogen-bond donors (Lipinski definition) is 0. The summed E-state index contributed by atoms with van der Waals surface area (Å²) in [5.74, 6) is -0.442. The molecule has 0 saturated carbocycles. The van der Waals surface area contributed by atoms with Gasteiger partial charge in [-0.3, -0.25) is 4.79 Å². The highest BCUT2D eigenvalue weighted by Gasteiger charge is 2.42. The molecule has 0 radical (unpaired) electrons. The van der Waals surface area contributed by atoms with Crippen LogP contribution in [0.2, 0.25) is 0 Å². The Hall–Kier alpha value is -2.25. The molecule has 1 heterocycles. The lowest BCUT2D eigenvalue weighted by molar-refractivity contribution is -0.144. The van der Waals surface area contributed by atoms with Crippen LogP contribution >= 0.6 is 0 Å². The first-order valence-electron chi connectivity index (χ1n) is 9.74. The molecule has 1 aromatic rings. The number of hydrogen-bond acceptors (Lipinski definition) is 4. The zero-order chi connectivity index (χ0) is 21.8. The Morgan fingerprint density at radius 3 is 2.31 bits per heavy atom. The first-order chi connectivity index (χ1) is 13.4. The van der Waals surface area contributed by atoms with Gasteiger partial charge in [0.1, 0.15) is 5.60 Å². The van der Waals surface area contributed by atoms with Crippen LogP contribution in [0.3, 0.4) is 0 Å². The second-order valence-electron chi connectivity index (χ2n) is 8.14. The fourth-order valence-electron chi connectivity index (χ4n) is 3.62. The van der Waals surface area contributed by atoms with Gasteiger partial charge in [-0.1, -0.05) is 18.2 Å². The SMILES string of the molecule is CCOC(=O)C[C@@H]1CC[C@@H](Cc2ccccc2C(F)(F)F)N1C(=O)OC(C)(C)C. The van der Waals surface area contributed by atoms with E-state index in [0.29, 0.717) is 12.8 Å². The van der Waals surface area contributed by atoms with Gasteiger partial charge in [0.15, 0.2) is 0 Å². The first kappa shape index (κ1) is 23.0. The van der Waals surface area contributed by atoms with Crippen LogP contribution in [-0.2, 0) is 26.9 Å². The number of benzene rings is 1. The summed E-state index contributed by atoms with van der Waals surface area (Å²) in [6.07, 6.45) is -4.10. The lowest BCUT2D eigenvalue weighted by Gasteiger charge is -2.32. The maximum absolute atomic E-state index is 13.4. The van der Waals surface area contributed by atoms with Gasteiger partial charge in [-0.05, 0) is 58.6 Å². The van der Waals surface area contributed by atoms with Crippen LogP contribution in [0.5, 0.6) is 0 Å². The predicted octanol–water partition coefficient (Wildman–Crippen LogP) is 4.97. The summed E-state index contributed by atoms with van der Waals surface area (Å²) in [7, 11) is 0. The third-order valence-electron chi connectivity index (χ3n) is 4.71. The Bertz CT molecular complexity index is 727. The van der Waals surface area contributed by atoms with E-state index in [0.717, 1.165) is 6.07 Å². The highest BCUT2D eigenvalue weighted by Crippen LogP contribution is 2.36. The van der Waals surface area contributed by atoms with Crippen molar-refractivity contribution in [1.29, 1.82) is 0 Å². The van der Waals surface area contributed by atoms with Crippen molar-refractivity contribution < 1.29 is 32.2 Å². The molecule has 1 aromatic carbocycles. The minimum absolute atomic E-state index is 0.00942. The molecule has 0 unspecified atom stereocenters. The maximum Gasteiger partial charge on any atom is 0.416 e. The molecule has 8 heteroatoms. The Morgan fingerprint density at radius 1 is 1.10 bits per heavy atom. The van der Waals surface area contributed by atoms with E-state index >= 15 is 0 Å². The van der Waals surface area contributed by atoms with E-state index in [2.05, 4.69) is 0 Å². The molecule has 0 bridgehead atoms. The lowest BCUT2D eigenvalue weighted by atomic mass is 9.98. The highest BCUT2D eigenvalue weighted by atomic mass is 19.4. The zero-order valence-electron chi connectivity index (χ0n) is 17.2. The van der Waals surface area contributed by atoms with E-state index < -0.39 is 41.5 Å². The summed E-state index contributed by atoms with van der Waals surface area (Å²) in [5, 5.41) is 0. The minimum atomic E-state index is -4.48. The molecule has 1 aliphatic heterocycles. The largest absolute Gasteiger partial charge is 0.466 e. The summed E-state index contributed by atoms with van der Waals surface area (Å²) in [5.41, 5.74) is -1.35. The van der Waals surface area contributed by atoms with Crippen molar-refractivity contribution in [2.24, 2.45) is 0 Å². The molecule has 5 nitrogen and oxygen atoms in total. The van der Waals surface area contributed by atoms with Crippen molar-refractivity contribution in [1.82, 2.24) is 4.90 Å². The average molecular weight is 415 g/mol. The smallest absolute Gasteiger partial charge is 0.416 e. The second-order valence-corrected chi connectivity index (χ2v) is 8.14. The number of carbonyl (C=O) groups is 2. The Morgan fingerprint density at radius 2 is 1.72 bits per heavy atom. The number of alkyl halides is 3. The Kier molecular flexibility index (Phi) is 7.19. The quantitative estimate of drug-likeness (QED) is 0.637. The van der Waals surface area contributed by atoms with E-state index in [1.165, 1.54) is 17.0 Å². The monoisotopic (exact) mass is 415 g/mol. The van der Waals surface area contributed by atoms with Crippen LogP contribution in [0.25, 0.3) is 0 Å². The van der Waals surface area contributed by atoms with Crippen molar-refractivity contribution in [2.45, 2.75) is 77.2 Å². The van der Waals surface area contributed by atoms with Gasteiger partial charge in [0.05, 0.1) is 18.6 Å². The first-order valence-corrected chi connectivity index (χ1v) is 9.74. The van der Waals surface area contributed by atoms with Gasteiger partial charge >= 0.3 is 18.2 Å². The summed E-state index contributed by atoms with van der Waals surface area (Å²) in [6, 6.07) is 4.40. The summed E-state index contributed by atoms with van der Waals surface area (Å²) < 4.78 is 50.6. The molecule has 0 spiro atoms. The van der Waals surface area contributed by atoms with E-state index in [-0.39, 0.29) is 25.0 Å². The summed E-state index contributed by atoms with van der Waals surface area (Å²) >= 11 is 0. The van der Waals surface area contributed by atoms with E-state index in [1.54, 1.807) is 33.8 Å². The van der Waals surface area contributed by atoms with Crippen molar-refractivity contribution in [2.75, 3.05) is 6.61 Å². The number of amides is 1. The maximum atomic E-state index is 13.4. The average Bonchev–Trinajstić information content (AvgIpc) is 2.95. The molecule has 29 heavy (non-hydrogen) atoms. The van der Waals surface area contributed by atoms with Gasteiger partial charge in [-0.2, -0.15) is 13.2 Å². The molecule has 2 atom stereocenters. The van der Waals surface area contributed by atoms with Gasteiger partial charge in [-0.25, -0.2) is 4.79 Å². The van der Waals surface area contributed by atoms with Crippen molar-refractivity contribution in [3.8, 4) is 0 Å². The number of likely N-dealkylation sites (tertiary alicyclic amines) is 1. The molecule has 1 saturated heterocycles. The van der Waals surface area contributed by atoms with Gasteiger partial charge in [0.2, 0.25) is 0 Å². The van der Waals surface area contributed by atoms with Crippen LogP contribution in [0.15, 0.2) is 24.3 Å². The molecule has 0 aliphatic carbocycles. The van der Waals surface area contributed by atoms with Crippen LogP contribution in [-0.4, -0.2) is 41.3 Å². The Balaban J connectivity index is 2.28. The van der Waals surface area contributed by atoms with Crippen LogP contribution < -0.4 is 0 Å². The second kappa shape index (κ2) is 9.05. The lowest BCUT2D eigenvalue weighted by Crippen LogP contribution is -2.46. The number of halogens is 3. The molecule has 1 amide bonds. The van der Waals surface area contributed by atoms with E-state index in [1.807, 2.05) is 0 Å². The molecule has 0 N–H and O–H groups in total. The number of ether oxygens (including phenoxy) is 2. The fourth-order valence-corrected chi connectivity index (χ4v) is 3.62. The molecular formula is C21H28F3NO4. The van der Waals surface area contributed by atoms with E-state index in [4.69, 9.17) is 9.47 Å². The summed E-state index contributed by atoms with van der Waals surface area (Å²) in [4.78, 5) is 26.2. The number of nitrogens with zero attached hydrogens (tertiary/aromatic N) is 1. The van der Waals surface area contributed by atoms with Crippen LogP contribution in [0.1, 0.15) is 58.1 Å². The van der Waals surface area contributed by atoms with Crippen LogP contribution in [0.4, 0.5) is 18.0 Å². The zero-order valence-corrected chi connectivity index (χ0v) is 17.2. The van der Waals surface area contributed by atoms with Crippen molar-refractivity contribution in [3.05, 3.63) is 35.4 Å². The standard InChI is InChI=1S/C21H28F3NO4/c1-5-28-18(26)13-16-11-10-15(25(16)19(27)29-20(2,3)4)12-14-8-6-7-9-17(14)21(22,23)24/h6-9,15-16H,5,10-13H2,1-4H3/t15-,16-/m0/s1. The van der Waals surface area contributed by atoms with E-state index in [9.17, 15) is 22.8 Å². The molecular weight excluding hydrogens is 387 g/mol. The van der Waals surface area contributed by atoms with Gasteiger partial charge in [-0.15, -0.1) is 0 Å². The van der Waals surface area contributed by atoms with Gasteiger partial charge in [0, 0.05) is 12.1 Å². The highest BCUT2D eigenvalue weighted by molar-refractivity contribution is 5.73. The fraction of sp³-hybridized carbons (Fsp3) is 0.619. The number of esters is 1.